The van der Waals surface area contributed by atoms with E-state index in [0.29, 0.717) is 25.5 Å². The van der Waals surface area contributed by atoms with Gasteiger partial charge < -0.3 is 25.0 Å². The number of aliphatic hydroxyl groups excluding tert-OH is 2. The van der Waals surface area contributed by atoms with Crippen molar-refractivity contribution in [2.45, 2.75) is 25.7 Å². The third kappa shape index (κ3) is 7.82. The molecule has 0 amide bonds. The Labute approximate surface area is 126 Å². The van der Waals surface area contributed by atoms with Crippen molar-refractivity contribution in [3.8, 4) is 5.75 Å². The average molecular weight is 295 g/mol. The van der Waals surface area contributed by atoms with Crippen LogP contribution in [0.1, 0.15) is 12.5 Å². The van der Waals surface area contributed by atoms with Gasteiger partial charge in [-0.25, -0.2) is 0 Å². The SMILES string of the molecule is C=CCOCc1cccc(OCC(O)CNC(C)CO)c1. The molecular weight excluding hydrogens is 270 g/mol. The summed E-state index contributed by atoms with van der Waals surface area (Å²) in [6.45, 7) is 7.07. The fraction of sp³-hybridized carbons (Fsp3) is 0.500. The van der Waals surface area contributed by atoms with E-state index in [0.717, 1.165) is 5.56 Å². The van der Waals surface area contributed by atoms with E-state index in [1.807, 2.05) is 31.2 Å². The molecule has 0 bridgehead atoms. The van der Waals surface area contributed by atoms with Gasteiger partial charge in [0.1, 0.15) is 18.5 Å². The van der Waals surface area contributed by atoms with Gasteiger partial charge in [0.05, 0.1) is 19.8 Å². The molecular formula is C16H25NO4. The van der Waals surface area contributed by atoms with Crippen molar-refractivity contribution in [1.29, 1.82) is 0 Å². The van der Waals surface area contributed by atoms with E-state index in [-0.39, 0.29) is 19.3 Å². The molecule has 2 unspecified atom stereocenters. The normalized spacial score (nSPS) is 13.7. The first-order valence-corrected chi connectivity index (χ1v) is 7.08. The highest BCUT2D eigenvalue weighted by molar-refractivity contribution is 5.28. The lowest BCUT2D eigenvalue weighted by Crippen LogP contribution is -2.38. The van der Waals surface area contributed by atoms with Crippen molar-refractivity contribution in [3.05, 3.63) is 42.5 Å². The third-order valence-electron chi connectivity index (χ3n) is 2.82. The molecule has 0 fully saturated rings. The number of ether oxygens (including phenoxy) is 2. The summed E-state index contributed by atoms with van der Waals surface area (Å²) in [6, 6.07) is 7.54. The van der Waals surface area contributed by atoms with Crippen molar-refractivity contribution >= 4 is 0 Å². The predicted molar refractivity (Wildman–Crippen MR) is 82.3 cm³/mol. The van der Waals surface area contributed by atoms with Crippen LogP contribution in [0.5, 0.6) is 5.75 Å². The second-order valence-corrected chi connectivity index (χ2v) is 4.91. The van der Waals surface area contributed by atoms with Crippen molar-refractivity contribution in [2.75, 3.05) is 26.4 Å². The Morgan fingerprint density at radius 1 is 1.43 bits per heavy atom. The molecule has 5 nitrogen and oxygen atoms in total. The van der Waals surface area contributed by atoms with Crippen molar-refractivity contribution < 1.29 is 19.7 Å². The van der Waals surface area contributed by atoms with E-state index in [1.165, 1.54) is 0 Å². The van der Waals surface area contributed by atoms with Crippen LogP contribution < -0.4 is 10.1 Å². The Morgan fingerprint density at radius 3 is 2.95 bits per heavy atom. The molecule has 0 spiro atoms. The van der Waals surface area contributed by atoms with E-state index < -0.39 is 6.10 Å². The number of benzene rings is 1. The summed E-state index contributed by atoms with van der Waals surface area (Å²) in [6.07, 6.45) is 1.08. The van der Waals surface area contributed by atoms with Gasteiger partial charge in [0.15, 0.2) is 0 Å². The van der Waals surface area contributed by atoms with Crippen LogP contribution in [-0.4, -0.2) is 48.7 Å². The van der Waals surface area contributed by atoms with Gasteiger partial charge in [-0.15, -0.1) is 6.58 Å². The predicted octanol–water partition coefficient (Wildman–Crippen LogP) is 1.10. The Kier molecular flexibility index (Phi) is 8.69. The smallest absolute Gasteiger partial charge is 0.119 e. The van der Waals surface area contributed by atoms with Crippen LogP contribution in [0.4, 0.5) is 0 Å². The summed E-state index contributed by atoms with van der Waals surface area (Å²) < 4.78 is 10.9. The van der Waals surface area contributed by atoms with Gasteiger partial charge in [0.2, 0.25) is 0 Å². The van der Waals surface area contributed by atoms with Crippen molar-refractivity contribution in [3.63, 3.8) is 0 Å². The first kappa shape index (κ1) is 17.7. The molecule has 5 heteroatoms. The lowest BCUT2D eigenvalue weighted by atomic mass is 10.2. The summed E-state index contributed by atoms with van der Waals surface area (Å²) >= 11 is 0. The van der Waals surface area contributed by atoms with Gasteiger partial charge in [-0.1, -0.05) is 18.2 Å². The van der Waals surface area contributed by atoms with E-state index in [1.54, 1.807) is 6.08 Å². The monoisotopic (exact) mass is 295 g/mol. The Hall–Kier alpha value is -1.40. The van der Waals surface area contributed by atoms with Crippen LogP contribution in [0.25, 0.3) is 0 Å². The highest BCUT2D eigenvalue weighted by Crippen LogP contribution is 2.14. The Balaban J connectivity index is 2.33. The van der Waals surface area contributed by atoms with Crippen LogP contribution in [0.15, 0.2) is 36.9 Å². The largest absolute Gasteiger partial charge is 0.491 e. The summed E-state index contributed by atoms with van der Waals surface area (Å²) in [7, 11) is 0. The minimum Gasteiger partial charge on any atom is -0.491 e. The zero-order valence-corrected chi connectivity index (χ0v) is 12.5. The van der Waals surface area contributed by atoms with E-state index in [2.05, 4.69) is 11.9 Å². The van der Waals surface area contributed by atoms with Gasteiger partial charge in [-0.3, -0.25) is 0 Å². The molecule has 0 aromatic heterocycles. The molecule has 0 heterocycles. The zero-order chi connectivity index (χ0) is 15.5. The first-order valence-electron chi connectivity index (χ1n) is 7.08. The van der Waals surface area contributed by atoms with Gasteiger partial charge >= 0.3 is 0 Å². The summed E-state index contributed by atoms with van der Waals surface area (Å²) in [5.74, 6) is 0.698. The van der Waals surface area contributed by atoms with Gasteiger partial charge in [0.25, 0.3) is 0 Å². The second kappa shape index (κ2) is 10.3. The average Bonchev–Trinajstić information content (AvgIpc) is 2.51. The lowest BCUT2D eigenvalue weighted by molar-refractivity contribution is 0.100. The van der Waals surface area contributed by atoms with E-state index in [4.69, 9.17) is 14.6 Å². The van der Waals surface area contributed by atoms with Gasteiger partial charge in [-0.2, -0.15) is 0 Å². The molecule has 1 rings (SSSR count). The summed E-state index contributed by atoms with van der Waals surface area (Å²) in [5.41, 5.74) is 1.01. The lowest BCUT2D eigenvalue weighted by Gasteiger charge is -2.16. The summed E-state index contributed by atoms with van der Waals surface area (Å²) in [4.78, 5) is 0. The molecule has 0 saturated heterocycles. The maximum atomic E-state index is 9.79. The molecule has 2 atom stereocenters. The van der Waals surface area contributed by atoms with Crippen LogP contribution in [0.3, 0.4) is 0 Å². The first-order chi connectivity index (χ1) is 10.2. The molecule has 118 valence electrons. The fourth-order valence-electron chi connectivity index (χ4n) is 1.64. The molecule has 0 aliphatic carbocycles. The Bertz CT molecular complexity index is 411. The topological polar surface area (TPSA) is 71.0 Å². The number of nitrogens with one attached hydrogen (secondary N) is 1. The van der Waals surface area contributed by atoms with Crippen LogP contribution in [0, 0.1) is 0 Å². The Morgan fingerprint density at radius 2 is 2.24 bits per heavy atom. The zero-order valence-electron chi connectivity index (χ0n) is 12.5. The molecule has 1 aromatic carbocycles. The minimum absolute atomic E-state index is 0.0370. The molecule has 21 heavy (non-hydrogen) atoms. The molecule has 0 aliphatic rings. The van der Waals surface area contributed by atoms with Crippen LogP contribution in [-0.2, 0) is 11.3 Å². The molecule has 0 aliphatic heterocycles. The number of rotatable bonds is 11. The van der Waals surface area contributed by atoms with Crippen LogP contribution >= 0.6 is 0 Å². The quantitative estimate of drug-likeness (QED) is 0.421. The maximum absolute atomic E-state index is 9.79. The highest BCUT2D eigenvalue weighted by atomic mass is 16.5. The third-order valence-corrected chi connectivity index (χ3v) is 2.82. The van der Waals surface area contributed by atoms with E-state index in [9.17, 15) is 5.11 Å². The van der Waals surface area contributed by atoms with Crippen molar-refractivity contribution in [1.82, 2.24) is 5.32 Å². The van der Waals surface area contributed by atoms with Crippen molar-refractivity contribution in [2.24, 2.45) is 0 Å². The molecule has 0 saturated carbocycles. The molecule has 1 aromatic rings. The number of hydrogen-bond donors (Lipinski definition) is 3. The van der Waals surface area contributed by atoms with Gasteiger partial charge in [-0.05, 0) is 24.6 Å². The molecule has 3 N–H and O–H groups in total. The number of hydrogen-bond acceptors (Lipinski definition) is 5. The maximum Gasteiger partial charge on any atom is 0.119 e. The highest BCUT2D eigenvalue weighted by Gasteiger charge is 2.07. The van der Waals surface area contributed by atoms with Gasteiger partial charge in [0, 0.05) is 12.6 Å². The standard InChI is InChI=1S/C16H25NO4/c1-3-7-20-11-14-5-4-6-16(8-14)21-12-15(19)9-17-13(2)10-18/h3-6,8,13,15,17-19H,1,7,9-12H2,2H3. The molecule has 0 radical (unpaired) electrons. The van der Waals surface area contributed by atoms with E-state index >= 15 is 0 Å². The summed E-state index contributed by atoms with van der Waals surface area (Å²) in [5, 5.41) is 21.7. The fourth-order valence-corrected chi connectivity index (χ4v) is 1.64. The van der Waals surface area contributed by atoms with Crippen LogP contribution in [0.2, 0.25) is 0 Å². The number of aliphatic hydroxyl groups is 2. The minimum atomic E-state index is -0.625. The second-order valence-electron chi connectivity index (χ2n) is 4.91.